The third-order valence-electron chi connectivity index (χ3n) is 4.16. The van der Waals surface area contributed by atoms with E-state index in [2.05, 4.69) is 9.30 Å². The Hall–Kier alpha value is -1.64. The lowest BCUT2D eigenvalue weighted by molar-refractivity contribution is 0.563. The van der Waals surface area contributed by atoms with Crippen LogP contribution < -0.4 is 9.62 Å². The molecule has 8 heteroatoms. The molecule has 0 saturated carbocycles. The Morgan fingerprint density at radius 3 is 2.42 bits per heavy atom. The number of fused-ring (bicyclic) bond motifs is 1. The SMILES string of the molecule is CN(C)c1cccc2c(S(=O)(=O)NCCCC(C)(C)SN=O)cccc12. The molecule has 26 heavy (non-hydrogen) atoms. The quantitative estimate of drug-likeness (QED) is 0.392. The molecule has 2 rings (SSSR count). The summed E-state index contributed by atoms with van der Waals surface area (Å²) in [5, 5.41) is 1.60. The van der Waals surface area contributed by atoms with Gasteiger partial charge in [-0.05, 0) is 38.8 Å². The van der Waals surface area contributed by atoms with Gasteiger partial charge in [-0.3, -0.25) is 0 Å². The van der Waals surface area contributed by atoms with E-state index in [-0.39, 0.29) is 9.64 Å². The normalized spacial score (nSPS) is 12.3. The van der Waals surface area contributed by atoms with Crippen molar-refractivity contribution in [1.29, 1.82) is 0 Å². The maximum Gasteiger partial charge on any atom is 0.241 e. The van der Waals surface area contributed by atoms with Crippen LogP contribution in [-0.2, 0) is 10.0 Å². The highest BCUT2D eigenvalue weighted by atomic mass is 32.2. The van der Waals surface area contributed by atoms with Gasteiger partial charge in [-0.25, -0.2) is 13.1 Å². The summed E-state index contributed by atoms with van der Waals surface area (Å²) < 4.78 is 30.8. The lowest BCUT2D eigenvalue weighted by Crippen LogP contribution is -2.26. The van der Waals surface area contributed by atoms with E-state index in [9.17, 15) is 13.3 Å². The molecule has 0 bridgehead atoms. The molecule has 0 aliphatic rings. The van der Waals surface area contributed by atoms with Gasteiger partial charge >= 0.3 is 0 Å². The second-order valence-corrected chi connectivity index (χ2v) is 10.1. The van der Waals surface area contributed by atoms with Crippen LogP contribution in [0.3, 0.4) is 0 Å². The lowest BCUT2D eigenvalue weighted by Gasteiger charge is -2.19. The van der Waals surface area contributed by atoms with Gasteiger partial charge in [-0.1, -0.05) is 24.3 Å². The number of sulfonamides is 1. The van der Waals surface area contributed by atoms with Crippen LogP contribution in [0.1, 0.15) is 26.7 Å². The second kappa shape index (κ2) is 8.37. The van der Waals surface area contributed by atoms with E-state index in [4.69, 9.17) is 0 Å². The lowest BCUT2D eigenvalue weighted by atomic mass is 10.1. The van der Waals surface area contributed by atoms with Crippen molar-refractivity contribution in [3.05, 3.63) is 41.3 Å². The van der Waals surface area contributed by atoms with Gasteiger partial charge in [-0.15, -0.1) is 4.91 Å². The van der Waals surface area contributed by atoms with Crippen LogP contribution in [0.25, 0.3) is 10.8 Å². The van der Waals surface area contributed by atoms with Gasteiger partial charge < -0.3 is 4.90 Å². The fourth-order valence-electron chi connectivity index (χ4n) is 2.83. The van der Waals surface area contributed by atoms with Gasteiger partial charge in [-0.2, -0.15) is 0 Å². The maximum atomic E-state index is 12.8. The van der Waals surface area contributed by atoms with E-state index in [1.165, 1.54) is 0 Å². The number of nitrogens with zero attached hydrogens (tertiary/aromatic N) is 2. The first-order valence-corrected chi connectivity index (χ1v) is 10.6. The first-order chi connectivity index (χ1) is 12.2. The van der Waals surface area contributed by atoms with E-state index < -0.39 is 10.0 Å². The minimum Gasteiger partial charge on any atom is -0.377 e. The molecular formula is C18H25N3O3S2. The van der Waals surface area contributed by atoms with Crippen LogP contribution in [0, 0.1) is 4.91 Å². The summed E-state index contributed by atoms with van der Waals surface area (Å²) in [4.78, 5) is 12.6. The van der Waals surface area contributed by atoms with Gasteiger partial charge in [0.1, 0.15) is 0 Å². The van der Waals surface area contributed by atoms with E-state index >= 15 is 0 Å². The summed E-state index contributed by atoms with van der Waals surface area (Å²) in [6.45, 7) is 4.15. The highest BCUT2D eigenvalue weighted by Gasteiger charge is 2.21. The molecule has 0 heterocycles. The van der Waals surface area contributed by atoms with Crippen LogP contribution in [0.15, 0.2) is 45.9 Å². The number of nitrogens with one attached hydrogen (secondary N) is 1. The third-order valence-corrected chi connectivity index (χ3v) is 6.45. The average molecular weight is 396 g/mol. The standard InChI is InChI=1S/C18H25N3O3S2/c1-18(2,25-20-22)12-7-13-19-26(23,24)17-11-6-8-14-15(17)9-5-10-16(14)21(3)4/h5-6,8-11,19H,7,12-13H2,1-4H3. The molecule has 2 aromatic carbocycles. The Balaban J connectivity index is 2.19. The largest absolute Gasteiger partial charge is 0.377 e. The van der Waals surface area contributed by atoms with Crippen molar-refractivity contribution >= 4 is 38.4 Å². The first kappa shape index (κ1) is 20.7. The Morgan fingerprint density at radius 2 is 1.77 bits per heavy atom. The Labute approximate surface area is 159 Å². The number of hydrogen-bond donors (Lipinski definition) is 1. The number of rotatable bonds is 9. The van der Waals surface area contributed by atoms with Crippen LogP contribution in [0.4, 0.5) is 5.69 Å². The predicted molar refractivity (Wildman–Crippen MR) is 110 cm³/mol. The highest BCUT2D eigenvalue weighted by Crippen LogP contribution is 2.31. The summed E-state index contributed by atoms with van der Waals surface area (Å²) in [5.74, 6) is 0. The summed E-state index contributed by atoms with van der Waals surface area (Å²) >= 11 is 0.982. The number of hydrogen-bond acceptors (Lipinski definition) is 6. The van der Waals surface area contributed by atoms with Gasteiger partial charge in [0.05, 0.1) is 4.90 Å². The van der Waals surface area contributed by atoms with Gasteiger partial charge in [0.15, 0.2) is 0 Å². The monoisotopic (exact) mass is 395 g/mol. The van der Waals surface area contributed by atoms with E-state index in [0.29, 0.717) is 24.8 Å². The molecule has 0 aliphatic heterocycles. The van der Waals surface area contributed by atoms with Gasteiger partial charge in [0, 0.05) is 58.4 Å². The fourth-order valence-corrected chi connectivity index (χ4v) is 4.56. The van der Waals surface area contributed by atoms with Gasteiger partial charge in [0.25, 0.3) is 0 Å². The van der Waals surface area contributed by atoms with Crippen molar-refractivity contribution in [1.82, 2.24) is 4.72 Å². The van der Waals surface area contributed by atoms with Crippen molar-refractivity contribution in [2.75, 3.05) is 25.5 Å². The van der Waals surface area contributed by atoms with Crippen molar-refractivity contribution in [3.8, 4) is 0 Å². The Kier molecular flexibility index (Phi) is 6.65. The molecule has 0 fully saturated rings. The molecule has 1 N–H and O–H groups in total. The van der Waals surface area contributed by atoms with Crippen molar-refractivity contribution < 1.29 is 8.42 Å². The molecule has 0 aromatic heterocycles. The number of benzene rings is 2. The van der Waals surface area contributed by atoms with E-state index in [1.807, 2.05) is 57.1 Å². The molecule has 0 aliphatic carbocycles. The zero-order valence-corrected chi connectivity index (χ0v) is 17.2. The highest BCUT2D eigenvalue weighted by molar-refractivity contribution is 7.99. The van der Waals surface area contributed by atoms with Crippen molar-refractivity contribution in [2.45, 2.75) is 36.3 Å². The smallest absolute Gasteiger partial charge is 0.241 e. The first-order valence-electron chi connectivity index (χ1n) is 8.37. The molecule has 0 spiro atoms. The summed E-state index contributed by atoms with van der Waals surface area (Å²) in [6, 6.07) is 11.0. The molecule has 0 atom stereocenters. The van der Waals surface area contributed by atoms with E-state index in [1.54, 1.807) is 12.1 Å². The molecule has 0 amide bonds. The molecule has 0 radical (unpaired) electrons. The van der Waals surface area contributed by atoms with Crippen LogP contribution >= 0.6 is 11.9 Å². The van der Waals surface area contributed by atoms with Crippen LogP contribution in [-0.4, -0.2) is 33.8 Å². The van der Waals surface area contributed by atoms with Crippen LogP contribution in [0.2, 0.25) is 0 Å². The minimum atomic E-state index is -3.62. The van der Waals surface area contributed by atoms with E-state index in [0.717, 1.165) is 23.0 Å². The molecule has 142 valence electrons. The molecule has 0 saturated heterocycles. The predicted octanol–water partition coefficient (Wildman–Crippen LogP) is 4.16. The van der Waals surface area contributed by atoms with Crippen LogP contribution in [0.5, 0.6) is 0 Å². The second-order valence-electron chi connectivity index (χ2n) is 6.95. The average Bonchev–Trinajstić information content (AvgIpc) is 2.57. The summed E-state index contributed by atoms with van der Waals surface area (Å²) in [7, 11) is 0.246. The molecular weight excluding hydrogens is 370 g/mol. The number of anilines is 1. The van der Waals surface area contributed by atoms with Gasteiger partial charge in [0.2, 0.25) is 10.0 Å². The molecule has 2 aromatic rings. The zero-order chi connectivity index (χ0) is 19.4. The maximum absolute atomic E-state index is 12.8. The fraction of sp³-hybridized carbons (Fsp3) is 0.444. The molecule has 0 unspecified atom stereocenters. The zero-order valence-electron chi connectivity index (χ0n) is 15.5. The third kappa shape index (κ3) is 4.96. The minimum absolute atomic E-state index is 0.280. The molecule has 6 nitrogen and oxygen atoms in total. The summed E-state index contributed by atoms with van der Waals surface area (Å²) in [5.41, 5.74) is 0.972. The van der Waals surface area contributed by atoms with Crippen molar-refractivity contribution in [3.63, 3.8) is 0 Å². The Bertz CT molecular complexity index is 880. The topological polar surface area (TPSA) is 78.8 Å². The summed E-state index contributed by atoms with van der Waals surface area (Å²) in [6.07, 6.45) is 1.31. The Morgan fingerprint density at radius 1 is 1.12 bits per heavy atom. The number of nitroso groups, excluding NO2 is 1. The van der Waals surface area contributed by atoms with Crippen molar-refractivity contribution in [2.24, 2.45) is 4.58 Å².